The largest absolute Gasteiger partial charge is 0.472 e. The minimum atomic E-state index is -4.71. The maximum absolute atomic E-state index is 12.8. The van der Waals surface area contributed by atoms with Gasteiger partial charge in [0.1, 0.15) is 12.7 Å². The summed E-state index contributed by atoms with van der Waals surface area (Å²) in [6, 6.07) is 0. The van der Waals surface area contributed by atoms with Crippen LogP contribution < -0.4 is 0 Å². The zero-order chi connectivity index (χ0) is 45.0. The van der Waals surface area contributed by atoms with E-state index in [-0.39, 0.29) is 25.2 Å². The minimum Gasteiger partial charge on any atom is -0.462 e. The molecular weight excluding hydrogens is 807 g/mol. The molecule has 0 radical (unpaired) electrons. The highest BCUT2D eigenvalue weighted by atomic mass is 31.2. The predicted molar refractivity (Wildman–Crippen MR) is 236 cm³/mol. The van der Waals surface area contributed by atoms with Crippen molar-refractivity contribution < 1.29 is 67.8 Å². The summed E-state index contributed by atoms with van der Waals surface area (Å²) in [6.45, 7) is 1.89. The molecule has 1 heterocycles. The third-order valence-corrected chi connectivity index (χ3v) is 10.9. The molecular formula is C46H79O14P. The average molecular weight is 887 g/mol. The van der Waals surface area contributed by atoms with Gasteiger partial charge in [-0.05, 0) is 70.6 Å². The van der Waals surface area contributed by atoms with Crippen molar-refractivity contribution in [2.24, 2.45) is 5.92 Å². The van der Waals surface area contributed by atoms with Gasteiger partial charge in [0.2, 0.25) is 0 Å². The van der Waals surface area contributed by atoms with Crippen LogP contribution in [0.4, 0.5) is 0 Å². The van der Waals surface area contributed by atoms with Crippen LogP contribution in [-0.2, 0) is 37.4 Å². The zero-order valence-electron chi connectivity index (χ0n) is 36.9. The van der Waals surface area contributed by atoms with Crippen LogP contribution in [-0.4, -0.2) is 106 Å². The molecule has 0 aromatic rings. The second kappa shape index (κ2) is 36.9. The highest BCUT2D eigenvalue weighted by molar-refractivity contribution is 7.47. The van der Waals surface area contributed by atoms with Gasteiger partial charge in [-0.3, -0.25) is 18.6 Å². The predicted octanol–water partition coefficient (Wildman–Crippen LogP) is 8.00. The van der Waals surface area contributed by atoms with Gasteiger partial charge in [0.25, 0.3) is 0 Å². The van der Waals surface area contributed by atoms with Crippen LogP contribution >= 0.6 is 7.82 Å². The van der Waals surface area contributed by atoms with Gasteiger partial charge in [-0.1, -0.05) is 120 Å². The Morgan fingerprint density at radius 1 is 0.738 bits per heavy atom. The lowest BCUT2D eigenvalue weighted by Crippen LogP contribution is -2.43. The summed E-state index contributed by atoms with van der Waals surface area (Å²) in [5.74, 6) is -1.49. The molecule has 0 bridgehead atoms. The molecule has 0 saturated carbocycles. The summed E-state index contributed by atoms with van der Waals surface area (Å²) in [4.78, 5) is 35.2. The highest BCUT2D eigenvalue weighted by Crippen LogP contribution is 2.43. The molecule has 352 valence electrons. The van der Waals surface area contributed by atoms with E-state index in [1.165, 1.54) is 19.3 Å². The second-order valence-electron chi connectivity index (χ2n) is 15.6. The Labute approximate surface area is 365 Å². The Bertz CT molecular complexity index is 1320. The quantitative estimate of drug-likeness (QED) is 0.0151. The van der Waals surface area contributed by atoms with Crippen LogP contribution in [0.3, 0.4) is 0 Å². The molecule has 0 aromatic carbocycles. The molecule has 1 saturated heterocycles. The van der Waals surface area contributed by atoms with E-state index in [1.807, 2.05) is 12.2 Å². The van der Waals surface area contributed by atoms with E-state index >= 15 is 0 Å². The average Bonchev–Trinajstić information content (AvgIpc) is 3.23. The Hall–Kier alpha value is -2.49. The number of phosphoric acid groups is 1. The van der Waals surface area contributed by atoms with Crippen molar-refractivity contribution >= 4 is 19.8 Å². The molecule has 15 heteroatoms. The highest BCUT2D eigenvalue weighted by Gasteiger charge is 2.35. The maximum Gasteiger partial charge on any atom is 0.472 e. The fraction of sp³-hybridized carbons (Fsp3) is 0.739. The third kappa shape index (κ3) is 31.9. The zero-order valence-corrected chi connectivity index (χ0v) is 37.8. The molecule has 8 atom stereocenters. The van der Waals surface area contributed by atoms with Gasteiger partial charge in [0, 0.05) is 25.2 Å². The van der Waals surface area contributed by atoms with Crippen molar-refractivity contribution in [3.63, 3.8) is 0 Å². The molecule has 1 fully saturated rings. The molecule has 0 amide bonds. The molecule has 0 spiro atoms. The number of carbonyl (C=O) groups is 2. The molecule has 1 aliphatic heterocycles. The van der Waals surface area contributed by atoms with Crippen molar-refractivity contribution in [1.29, 1.82) is 0 Å². The number of hydrogen-bond donors (Lipinski definition) is 6. The first-order valence-electron chi connectivity index (χ1n) is 22.6. The molecule has 1 rings (SSSR count). The van der Waals surface area contributed by atoms with Gasteiger partial charge in [-0.2, -0.15) is 0 Å². The molecule has 0 aromatic heterocycles. The van der Waals surface area contributed by atoms with Crippen molar-refractivity contribution in [1.82, 2.24) is 0 Å². The second-order valence-corrected chi connectivity index (χ2v) is 17.0. The van der Waals surface area contributed by atoms with E-state index in [0.717, 1.165) is 64.2 Å². The Morgan fingerprint density at radius 3 is 2.02 bits per heavy atom. The monoisotopic (exact) mass is 887 g/mol. The third-order valence-electron chi connectivity index (χ3n) is 9.94. The lowest BCUT2D eigenvalue weighted by molar-refractivity contribution is -0.199. The first-order valence-corrected chi connectivity index (χ1v) is 24.1. The normalized spacial score (nSPS) is 21.2. The summed E-state index contributed by atoms with van der Waals surface area (Å²) in [5, 5.41) is 49.4. The summed E-state index contributed by atoms with van der Waals surface area (Å²) < 4.78 is 38.4. The molecule has 14 nitrogen and oxygen atoms in total. The topological polar surface area (TPSA) is 219 Å². The number of allylic oxidation sites excluding steroid dienone is 8. The van der Waals surface area contributed by atoms with Gasteiger partial charge < -0.3 is 44.6 Å². The Morgan fingerprint density at radius 2 is 1.33 bits per heavy atom. The number of carbonyl (C=O) groups excluding carboxylic acids is 2. The number of hydrogen-bond acceptors (Lipinski definition) is 13. The van der Waals surface area contributed by atoms with E-state index < -0.39 is 83.0 Å². The molecule has 6 N–H and O–H groups in total. The SMILES string of the molecule is CCCCC/C=C\C/C=C\C/C=C\CCCCCCC(=O)OC[C@H](COP(=O)(O)OC[C@@H](O)CO)OC(=O)CCC/C=C\C[C@H]1[C@@H](O)CC(O)O[C@@H]1/C=C/[C@@H](O)CCCCC. The van der Waals surface area contributed by atoms with E-state index in [0.29, 0.717) is 32.1 Å². The van der Waals surface area contributed by atoms with Crippen molar-refractivity contribution in [2.75, 3.05) is 26.4 Å². The number of esters is 2. The smallest absolute Gasteiger partial charge is 0.462 e. The lowest BCUT2D eigenvalue weighted by Gasteiger charge is -2.36. The molecule has 61 heavy (non-hydrogen) atoms. The summed E-state index contributed by atoms with van der Waals surface area (Å²) in [5.41, 5.74) is 0. The van der Waals surface area contributed by atoms with E-state index in [4.69, 9.17) is 23.8 Å². The fourth-order valence-corrected chi connectivity index (χ4v) is 7.12. The number of aliphatic hydroxyl groups is 5. The summed E-state index contributed by atoms with van der Waals surface area (Å²) >= 11 is 0. The number of phosphoric ester groups is 1. The first-order chi connectivity index (χ1) is 29.4. The van der Waals surface area contributed by atoms with Crippen molar-refractivity contribution in [3.05, 3.63) is 60.8 Å². The van der Waals surface area contributed by atoms with Gasteiger partial charge >= 0.3 is 19.8 Å². The van der Waals surface area contributed by atoms with E-state index in [1.54, 1.807) is 12.2 Å². The number of rotatable bonds is 37. The van der Waals surface area contributed by atoms with Crippen LogP contribution in [0.2, 0.25) is 0 Å². The summed E-state index contributed by atoms with van der Waals surface area (Å²) in [6.07, 6.45) is 30.8. The van der Waals surface area contributed by atoms with Crippen LogP contribution in [0.25, 0.3) is 0 Å². The van der Waals surface area contributed by atoms with Crippen LogP contribution in [0.15, 0.2) is 60.8 Å². The van der Waals surface area contributed by atoms with Crippen LogP contribution in [0.1, 0.15) is 149 Å². The van der Waals surface area contributed by atoms with Gasteiger partial charge in [0.15, 0.2) is 12.4 Å². The minimum absolute atomic E-state index is 0.0177. The molecule has 2 unspecified atom stereocenters. The number of ether oxygens (including phenoxy) is 3. The lowest BCUT2D eigenvalue weighted by atomic mass is 9.87. The fourth-order valence-electron chi connectivity index (χ4n) is 6.33. The molecule has 1 aliphatic rings. The van der Waals surface area contributed by atoms with Crippen molar-refractivity contribution in [3.8, 4) is 0 Å². The van der Waals surface area contributed by atoms with E-state index in [2.05, 4.69) is 54.8 Å². The Balaban J connectivity index is 2.52. The van der Waals surface area contributed by atoms with Crippen LogP contribution in [0, 0.1) is 5.92 Å². The van der Waals surface area contributed by atoms with E-state index in [9.17, 15) is 39.5 Å². The Kier molecular flexibility index (Phi) is 34.2. The van der Waals surface area contributed by atoms with Gasteiger partial charge in [0.05, 0.1) is 38.1 Å². The van der Waals surface area contributed by atoms with Gasteiger partial charge in [-0.15, -0.1) is 0 Å². The molecule has 0 aliphatic carbocycles. The maximum atomic E-state index is 12.8. The van der Waals surface area contributed by atoms with Crippen LogP contribution in [0.5, 0.6) is 0 Å². The number of unbranched alkanes of at least 4 members (excludes halogenated alkanes) is 10. The standard InChI is InChI=1S/C46H79O14P/c1-3-5-7-8-9-10-11-12-13-14-15-16-17-18-19-20-25-29-44(51)56-36-40(37-58-61(54,55)57-35-39(49)34-47)59-45(52)30-26-22-21-24-28-41-42(50)33-46(53)60-43(41)32-31-38(48)27-23-6-4-2/h9-10,12-13,15-16,21,24,31-32,38-43,46-50,53H,3-8,11,14,17-20,22-23,25-30,33-37H2,1-2H3,(H,54,55)/b10-9-,13-12-,16-15-,24-21-,32-31+/t38-,39-,40+,41-,42-,43+,46?/m0/s1. The number of aliphatic hydroxyl groups excluding tert-OH is 5. The van der Waals surface area contributed by atoms with Crippen molar-refractivity contribution in [2.45, 2.75) is 185 Å². The van der Waals surface area contributed by atoms with Gasteiger partial charge in [-0.25, -0.2) is 4.57 Å². The first kappa shape index (κ1) is 56.5. The summed E-state index contributed by atoms with van der Waals surface area (Å²) in [7, 11) is -4.71.